The van der Waals surface area contributed by atoms with Crippen molar-refractivity contribution in [2.24, 2.45) is 0 Å². The van der Waals surface area contributed by atoms with E-state index >= 15 is 0 Å². The molecule has 1 aromatic rings. The third-order valence-electron chi connectivity index (χ3n) is 3.50. The zero-order valence-electron chi connectivity index (χ0n) is 10.9. The van der Waals surface area contributed by atoms with E-state index in [0.717, 1.165) is 43.6 Å². The van der Waals surface area contributed by atoms with Crippen molar-refractivity contribution in [3.05, 3.63) is 29.7 Å². The summed E-state index contributed by atoms with van der Waals surface area (Å²) < 4.78 is 0. The summed E-state index contributed by atoms with van der Waals surface area (Å²) in [6.07, 6.45) is 9.84. The molecule has 1 N–H and O–H groups in total. The van der Waals surface area contributed by atoms with Crippen molar-refractivity contribution < 1.29 is 0 Å². The lowest BCUT2D eigenvalue weighted by Crippen LogP contribution is -2.30. The van der Waals surface area contributed by atoms with E-state index < -0.39 is 0 Å². The summed E-state index contributed by atoms with van der Waals surface area (Å²) in [7, 11) is 0. The van der Waals surface area contributed by atoms with Crippen molar-refractivity contribution in [3.8, 4) is 0 Å². The highest BCUT2D eigenvalue weighted by Crippen LogP contribution is 2.19. The standard InChI is InChI=1S/C14H20N4/c1-11-3-2-6-18(10-11)14-9-16-13(8-17-14)7-15-12-4-5-12/h3,8-9,12,15H,2,4-7,10H2,1H3. The van der Waals surface area contributed by atoms with Crippen LogP contribution in [0.15, 0.2) is 24.0 Å². The Hall–Kier alpha value is -1.42. The largest absolute Gasteiger partial charge is 0.351 e. The number of nitrogens with zero attached hydrogens (tertiary/aromatic N) is 3. The van der Waals surface area contributed by atoms with Gasteiger partial charge in [-0.1, -0.05) is 11.6 Å². The zero-order valence-corrected chi connectivity index (χ0v) is 10.9. The minimum Gasteiger partial charge on any atom is -0.351 e. The van der Waals surface area contributed by atoms with Gasteiger partial charge in [-0.3, -0.25) is 4.98 Å². The molecule has 0 spiro atoms. The third-order valence-corrected chi connectivity index (χ3v) is 3.50. The molecule has 0 aromatic carbocycles. The van der Waals surface area contributed by atoms with Gasteiger partial charge in [0.25, 0.3) is 0 Å². The summed E-state index contributed by atoms with van der Waals surface area (Å²) >= 11 is 0. The molecule has 0 radical (unpaired) electrons. The topological polar surface area (TPSA) is 41.1 Å². The van der Waals surface area contributed by atoms with Crippen LogP contribution in [0.1, 0.15) is 31.9 Å². The number of anilines is 1. The van der Waals surface area contributed by atoms with E-state index in [1.54, 1.807) is 0 Å². The van der Waals surface area contributed by atoms with Gasteiger partial charge in [0, 0.05) is 25.7 Å². The molecule has 3 rings (SSSR count). The van der Waals surface area contributed by atoms with Crippen molar-refractivity contribution in [1.82, 2.24) is 15.3 Å². The highest BCUT2D eigenvalue weighted by Gasteiger charge is 2.20. The van der Waals surface area contributed by atoms with E-state index in [-0.39, 0.29) is 0 Å². The fourth-order valence-electron chi connectivity index (χ4n) is 2.25. The molecule has 1 aliphatic carbocycles. The first kappa shape index (κ1) is 11.7. The molecule has 0 unspecified atom stereocenters. The molecule has 0 saturated heterocycles. The molecule has 18 heavy (non-hydrogen) atoms. The predicted octanol–water partition coefficient (Wildman–Crippen LogP) is 1.89. The van der Waals surface area contributed by atoms with Gasteiger partial charge in [-0.25, -0.2) is 4.98 Å². The molecule has 96 valence electrons. The van der Waals surface area contributed by atoms with E-state index in [9.17, 15) is 0 Å². The van der Waals surface area contributed by atoms with Crippen LogP contribution >= 0.6 is 0 Å². The summed E-state index contributed by atoms with van der Waals surface area (Å²) in [5.41, 5.74) is 2.46. The van der Waals surface area contributed by atoms with E-state index in [1.165, 1.54) is 18.4 Å². The van der Waals surface area contributed by atoms with Gasteiger partial charge in [-0.05, 0) is 26.2 Å². The van der Waals surface area contributed by atoms with Gasteiger partial charge >= 0.3 is 0 Å². The SMILES string of the molecule is CC1=CCCN(c2cnc(CNC3CC3)cn2)C1. The average Bonchev–Trinajstić information content (AvgIpc) is 3.21. The second-order valence-corrected chi connectivity index (χ2v) is 5.28. The lowest BCUT2D eigenvalue weighted by Gasteiger charge is -2.26. The van der Waals surface area contributed by atoms with Gasteiger partial charge in [-0.2, -0.15) is 0 Å². The molecule has 0 amide bonds. The summed E-state index contributed by atoms with van der Waals surface area (Å²) in [6.45, 7) is 5.05. The Balaban J connectivity index is 1.61. The van der Waals surface area contributed by atoms with Gasteiger partial charge < -0.3 is 10.2 Å². The van der Waals surface area contributed by atoms with E-state index in [4.69, 9.17) is 0 Å². The zero-order chi connectivity index (χ0) is 12.4. The van der Waals surface area contributed by atoms with Crippen molar-refractivity contribution in [3.63, 3.8) is 0 Å². The van der Waals surface area contributed by atoms with Crippen molar-refractivity contribution >= 4 is 5.82 Å². The fourth-order valence-corrected chi connectivity index (χ4v) is 2.25. The highest BCUT2D eigenvalue weighted by atomic mass is 15.2. The molecule has 4 heteroatoms. The van der Waals surface area contributed by atoms with E-state index in [1.807, 2.05) is 12.4 Å². The first-order valence-electron chi connectivity index (χ1n) is 6.76. The van der Waals surface area contributed by atoms with Crippen LogP contribution in [0.4, 0.5) is 5.82 Å². The van der Waals surface area contributed by atoms with Crippen molar-refractivity contribution in [1.29, 1.82) is 0 Å². The minimum atomic E-state index is 0.723. The van der Waals surface area contributed by atoms with Gasteiger partial charge in [-0.15, -0.1) is 0 Å². The van der Waals surface area contributed by atoms with Gasteiger partial charge in [0.05, 0.1) is 18.1 Å². The van der Waals surface area contributed by atoms with Crippen LogP contribution in [0.25, 0.3) is 0 Å². The second kappa shape index (κ2) is 5.06. The lowest BCUT2D eigenvalue weighted by atomic mass is 10.1. The molecule has 1 fully saturated rings. The van der Waals surface area contributed by atoms with Crippen LogP contribution in [0.3, 0.4) is 0 Å². The van der Waals surface area contributed by atoms with Crippen LogP contribution in [-0.4, -0.2) is 29.1 Å². The number of hydrogen-bond acceptors (Lipinski definition) is 4. The Morgan fingerprint density at radius 1 is 1.33 bits per heavy atom. The van der Waals surface area contributed by atoms with Gasteiger partial charge in [0.2, 0.25) is 0 Å². The first-order valence-corrected chi connectivity index (χ1v) is 6.76. The van der Waals surface area contributed by atoms with E-state index in [2.05, 4.69) is 33.2 Å². The number of hydrogen-bond donors (Lipinski definition) is 1. The molecule has 2 aliphatic rings. The molecular formula is C14H20N4. The molecule has 0 atom stereocenters. The fraction of sp³-hybridized carbons (Fsp3) is 0.571. The van der Waals surface area contributed by atoms with Gasteiger partial charge in [0.1, 0.15) is 5.82 Å². The smallest absolute Gasteiger partial charge is 0.147 e. The Morgan fingerprint density at radius 3 is 2.89 bits per heavy atom. The van der Waals surface area contributed by atoms with Crippen LogP contribution in [0, 0.1) is 0 Å². The highest BCUT2D eigenvalue weighted by molar-refractivity contribution is 5.39. The summed E-state index contributed by atoms with van der Waals surface area (Å²) in [5, 5.41) is 3.45. The summed E-state index contributed by atoms with van der Waals surface area (Å²) in [4.78, 5) is 11.3. The molecule has 0 bridgehead atoms. The quantitative estimate of drug-likeness (QED) is 0.821. The van der Waals surface area contributed by atoms with Crippen molar-refractivity contribution in [2.75, 3.05) is 18.0 Å². The van der Waals surface area contributed by atoms with Crippen LogP contribution in [0.2, 0.25) is 0 Å². The predicted molar refractivity (Wildman–Crippen MR) is 72.5 cm³/mol. The average molecular weight is 244 g/mol. The molecule has 2 heterocycles. The van der Waals surface area contributed by atoms with Gasteiger partial charge in [0.15, 0.2) is 0 Å². The molecule has 1 aromatic heterocycles. The number of rotatable bonds is 4. The minimum absolute atomic E-state index is 0.723. The molecule has 1 saturated carbocycles. The number of aromatic nitrogens is 2. The molecule has 1 aliphatic heterocycles. The monoisotopic (exact) mass is 244 g/mol. The maximum atomic E-state index is 4.53. The molecular weight excluding hydrogens is 224 g/mol. The second-order valence-electron chi connectivity index (χ2n) is 5.28. The maximum Gasteiger partial charge on any atom is 0.147 e. The number of nitrogens with one attached hydrogen (secondary N) is 1. The Bertz CT molecular complexity index is 434. The lowest BCUT2D eigenvalue weighted by molar-refractivity contribution is 0.670. The van der Waals surface area contributed by atoms with E-state index in [0.29, 0.717) is 0 Å². The third kappa shape index (κ3) is 2.88. The van der Waals surface area contributed by atoms with Crippen LogP contribution in [0.5, 0.6) is 0 Å². The Kier molecular flexibility index (Phi) is 3.28. The summed E-state index contributed by atoms with van der Waals surface area (Å²) in [5.74, 6) is 0.998. The maximum absolute atomic E-state index is 4.53. The van der Waals surface area contributed by atoms with Crippen LogP contribution in [-0.2, 0) is 6.54 Å². The Morgan fingerprint density at radius 2 is 2.22 bits per heavy atom. The summed E-state index contributed by atoms with van der Waals surface area (Å²) in [6, 6.07) is 0.723. The van der Waals surface area contributed by atoms with Crippen molar-refractivity contribution in [2.45, 2.75) is 38.8 Å². The molecule has 4 nitrogen and oxygen atoms in total. The van der Waals surface area contributed by atoms with Crippen LogP contribution < -0.4 is 10.2 Å². The Labute approximate surface area is 108 Å². The normalized spacial score (nSPS) is 19.8. The first-order chi connectivity index (χ1) is 8.81.